The fourth-order valence-corrected chi connectivity index (χ4v) is 3.28. The number of aromatic nitrogens is 1. The highest BCUT2D eigenvalue weighted by Crippen LogP contribution is 2.26. The van der Waals surface area contributed by atoms with Gasteiger partial charge in [-0.05, 0) is 32.4 Å². The number of nitrogens with zero attached hydrogens (tertiary/aromatic N) is 2. The zero-order chi connectivity index (χ0) is 19.6. The highest BCUT2D eigenvalue weighted by molar-refractivity contribution is 5.94. The van der Waals surface area contributed by atoms with E-state index in [0.29, 0.717) is 37.3 Å². The third kappa shape index (κ3) is 3.83. The highest BCUT2D eigenvalue weighted by atomic mass is 19.1. The molecule has 27 heavy (non-hydrogen) atoms. The quantitative estimate of drug-likeness (QED) is 0.814. The van der Waals surface area contributed by atoms with Crippen LogP contribution in [-0.2, 0) is 11.3 Å². The predicted octanol–water partition coefficient (Wildman–Crippen LogP) is 2.53. The average Bonchev–Trinajstić information content (AvgIpc) is 2.68. The van der Waals surface area contributed by atoms with E-state index in [-0.39, 0.29) is 17.1 Å². The summed E-state index contributed by atoms with van der Waals surface area (Å²) in [5.74, 6) is -1.11. The molecule has 1 atom stereocenters. The van der Waals surface area contributed by atoms with Crippen LogP contribution in [0.5, 0.6) is 0 Å². The molecular formula is C20H26FN3O3. The van der Waals surface area contributed by atoms with Crippen molar-refractivity contribution in [1.29, 1.82) is 0 Å². The molecule has 0 unspecified atom stereocenters. The minimum Gasteiger partial charge on any atom is -0.459 e. The van der Waals surface area contributed by atoms with Gasteiger partial charge in [0.15, 0.2) is 0 Å². The first-order valence-corrected chi connectivity index (χ1v) is 9.49. The molecule has 1 N–H and O–H groups in total. The molecule has 0 radical (unpaired) electrons. The number of esters is 1. The van der Waals surface area contributed by atoms with Crippen molar-refractivity contribution in [3.63, 3.8) is 0 Å². The highest BCUT2D eigenvalue weighted by Gasteiger charge is 2.21. The van der Waals surface area contributed by atoms with Crippen LogP contribution >= 0.6 is 0 Å². The summed E-state index contributed by atoms with van der Waals surface area (Å²) in [6, 6.07) is 2.96. The van der Waals surface area contributed by atoms with E-state index >= 15 is 0 Å². The maximum atomic E-state index is 14.8. The summed E-state index contributed by atoms with van der Waals surface area (Å²) in [7, 11) is 0. The largest absolute Gasteiger partial charge is 0.459 e. The zero-order valence-corrected chi connectivity index (χ0v) is 16.0. The molecule has 1 saturated heterocycles. The number of fused-ring (bicyclic) bond motifs is 1. The van der Waals surface area contributed by atoms with Gasteiger partial charge in [0.1, 0.15) is 11.4 Å². The van der Waals surface area contributed by atoms with Crippen molar-refractivity contribution in [3.05, 3.63) is 39.9 Å². The van der Waals surface area contributed by atoms with Gasteiger partial charge in [0.05, 0.1) is 17.3 Å². The molecule has 1 aliphatic rings. The third-order valence-corrected chi connectivity index (χ3v) is 5.05. The van der Waals surface area contributed by atoms with Crippen LogP contribution in [0.4, 0.5) is 10.1 Å². The summed E-state index contributed by atoms with van der Waals surface area (Å²) in [6.07, 6.45) is 1.90. The Labute approximate surface area is 157 Å². The lowest BCUT2D eigenvalue weighted by atomic mass is 10.1. The molecule has 0 spiro atoms. The minimum atomic E-state index is -0.662. The number of hydrogen-bond donors (Lipinski definition) is 1. The second-order valence-electron chi connectivity index (χ2n) is 6.84. The van der Waals surface area contributed by atoms with Crippen molar-refractivity contribution in [1.82, 2.24) is 9.88 Å². The van der Waals surface area contributed by atoms with Crippen LogP contribution in [0.1, 0.15) is 37.6 Å². The molecule has 2 aromatic rings. The normalized spacial score (nSPS) is 15.8. The van der Waals surface area contributed by atoms with Crippen molar-refractivity contribution in [3.8, 4) is 0 Å². The van der Waals surface area contributed by atoms with E-state index in [1.807, 2.05) is 18.7 Å². The van der Waals surface area contributed by atoms with E-state index in [2.05, 4.69) is 5.32 Å². The van der Waals surface area contributed by atoms with Gasteiger partial charge in [-0.3, -0.25) is 4.79 Å². The Morgan fingerprint density at radius 1 is 1.30 bits per heavy atom. The molecule has 0 bridgehead atoms. The Morgan fingerprint density at radius 3 is 2.63 bits per heavy atom. The molecule has 1 aromatic carbocycles. The number of halogens is 1. The Kier molecular flexibility index (Phi) is 5.79. The number of ether oxygens (including phenoxy) is 1. The number of hydrogen-bond acceptors (Lipinski definition) is 5. The first kappa shape index (κ1) is 19.4. The lowest BCUT2D eigenvalue weighted by Crippen LogP contribution is -2.43. The van der Waals surface area contributed by atoms with Crippen LogP contribution in [0.15, 0.2) is 23.1 Å². The fraction of sp³-hybridized carbons (Fsp3) is 0.500. The Morgan fingerprint density at radius 2 is 2.00 bits per heavy atom. The number of rotatable bonds is 5. The number of carbonyl (C=O) groups excluding carboxylic acids is 1. The van der Waals surface area contributed by atoms with Gasteiger partial charge in [0.25, 0.3) is 0 Å². The van der Waals surface area contributed by atoms with Crippen LogP contribution in [0.25, 0.3) is 10.9 Å². The smallest absolute Gasteiger partial charge is 0.343 e. The van der Waals surface area contributed by atoms with Gasteiger partial charge in [-0.2, -0.15) is 0 Å². The van der Waals surface area contributed by atoms with Gasteiger partial charge >= 0.3 is 5.97 Å². The monoisotopic (exact) mass is 375 g/mol. The lowest BCUT2D eigenvalue weighted by molar-refractivity contribution is 0.0332. The Hall–Kier alpha value is -2.41. The SMILES string of the molecule is CC[C@H](C)OC(=O)c1cn(CC)c2cc(N3CCNCC3)c(F)cc2c1=O. The average molecular weight is 375 g/mol. The van der Waals surface area contributed by atoms with Crippen LogP contribution < -0.4 is 15.6 Å². The molecule has 1 aromatic heterocycles. The standard InChI is InChI=1S/C20H26FN3O3/c1-4-13(3)27-20(26)15-12-23(5-2)17-11-18(24-8-6-22-7-9-24)16(21)10-14(17)19(15)25/h10-13,22H,4-9H2,1-3H3/t13-/m0/s1. The van der Waals surface area contributed by atoms with Crippen molar-refractivity contribution < 1.29 is 13.9 Å². The van der Waals surface area contributed by atoms with Crippen molar-refractivity contribution >= 4 is 22.6 Å². The molecule has 0 amide bonds. The maximum Gasteiger partial charge on any atom is 0.343 e. The summed E-state index contributed by atoms with van der Waals surface area (Å²) in [5, 5.41) is 3.44. The van der Waals surface area contributed by atoms with Gasteiger partial charge in [-0.15, -0.1) is 0 Å². The van der Waals surface area contributed by atoms with E-state index in [1.165, 1.54) is 12.3 Å². The molecular weight excluding hydrogens is 349 g/mol. The topological polar surface area (TPSA) is 63.6 Å². The fourth-order valence-electron chi connectivity index (χ4n) is 3.28. The number of carbonyl (C=O) groups is 1. The number of pyridine rings is 1. The molecule has 2 heterocycles. The summed E-state index contributed by atoms with van der Waals surface area (Å²) in [4.78, 5) is 27.2. The molecule has 3 rings (SSSR count). The van der Waals surface area contributed by atoms with Gasteiger partial charge in [0.2, 0.25) is 5.43 Å². The van der Waals surface area contributed by atoms with Crippen LogP contribution in [0.3, 0.4) is 0 Å². The van der Waals surface area contributed by atoms with E-state index in [1.54, 1.807) is 17.6 Å². The second kappa shape index (κ2) is 8.08. The summed E-state index contributed by atoms with van der Waals surface area (Å²) < 4.78 is 21.9. The van der Waals surface area contributed by atoms with E-state index < -0.39 is 17.2 Å². The first-order chi connectivity index (χ1) is 13.0. The molecule has 0 saturated carbocycles. The zero-order valence-electron chi connectivity index (χ0n) is 16.0. The molecule has 1 aliphatic heterocycles. The van der Waals surface area contributed by atoms with Gasteiger partial charge < -0.3 is 19.5 Å². The van der Waals surface area contributed by atoms with Gasteiger partial charge in [-0.1, -0.05) is 6.92 Å². The van der Waals surface area contributed by atoms with Crippen LogP contribution in [-0.4, -0.2) is 42.8 Å². The number of aryl methyl sites for hydroxylation is 1. The number of piperazine rings is 1. The number of anilines is 1. The third-order valence-electron chi connectivity index (χ3n) is 5.05. The van der Waals surface area contributed by atoms with E-state index in [0.717, 1.165) is 13.1 Å². The summed E-state index contributed by atoms with van der Waals surface area (Å²) >= 11 is 0. The van der Waals surface area contributed by atoms with Gasteiger partial charge in [0, 0.05) is 44.3 Å². The van der Waals surface area contributed by atoms with E-state index in [4.69, 9.17) is 4.74 Å². The molecule has 1 fully saturated rings. The maximum absolute atomic E-state index is 14.8. The van der Waals surface area contributed by atoms with Crippen LogP contribution in [0, 0.1) is 5.82 Å². The summed E-state index contributed by atoms with van der Waals surface area (Å²) in [5.41, 5.74) is 0.561. The minimum absolute atomic E-state index is 0.0565. The van der Waals surface area contributed by atoms with Crippen LogP contribution in [0.2, 0.25) is 0 Å². The first-order valence-electron chi connectivity index (χ1n) is 9.49. The second-order valence-corrected chi connectivity index (χ2v) is 6.84. The Bertz CT molecular complexity index is 903. The van der Waals surface area contributed by atoms with Crippen molar-refractivity contribution in [2.24, 2.45) is 0 Å². The predicted molar refractivity (Wildman–Crippen MR) is 104 cm³/mol. The van der Waals surface area contributed by atoms with Crippen molar-refractivity contribution in [2.75, 3.05) is 31.1 Å². The van der Waals surface area contributed by atoms with Crippen molar-refractivity contribution in [2.45, 2.75) is 39.8 Å². The molecule has 146 valence electrons. The van der Waals surface area contributed by atoms with E-state index in [9.17, 15) is 14.0 Å². The lowest BCUT2D eigenvalue weighted by Gasteiger charge is -2.30. The molecule has 7 heteroatoms. The molecule has 0 aliphatic carbocycles. The number of benzene rings is 1. The molecule has 6 nitrogen and oxygen atoms in total. The number of nitrogens with one attached hydrogen (secondary N) is 1. The van der Waals surface area contributed by atoms with Gasteiger partial charge in [-0.25, -0.2) is 9.18 Å². The summed E-state index contributed by atoms with van der Waals surface area (Å²) in [6.45, 7) is 9.13. The Balaban J connectivity index is 2.11.